The lowest BCUT2D eigenvalue weighted by Crippen LogP contribution is -2.20. The summed E-state index contributed by atoms with van der Waals surface area (Å²) in [6, 6.07) is 19.2. The van der Waals surface area contributed by atoms with Gasteiger partial charge in [-0.15, -0.1) is 6.58 Å². The highest BCUT2D eigenvalue weighted by Crippen LogP contribution is 2.41. The van der Waals surface area contributed by atoms with E-state index in [1.165, 1.54) is 80.9 Å². The molecule has 1 aliphatic carbocycles. The van der Waals surface area contributed by atoms with E-state index in [0.29, 0.717) is 11.5 Å². The monoisotopic (exact) mass is 413 g/mol. The highest BCUT2D eigenvalue weighted by atomic mass is 14.3. The maximum atomic E-state index is 9.00. The van der Waals surface area contributed by atoms with E-state index in [9.17, 15) is 0 Å². The summed E-state index contributed by atoms with van der Waals surface area (Å²) in [5, 5.41) is 9.00. The molecular weight excluding hydrogens is 374 g/mol. The van der Waals surface area contributed by atoms with Crippen molar-refractivity contribution in [1.82, 2.24) is 0 Å². The van der Waals surface area contributed by atoms with Crippen LogP contribution in [-0.2, 0) is 0 Å². The van der Waals surface area contributed by atoms with Crippen LogP contribution in [0.1, 0.15) is 94.6 Å². The molecule has 0 aromatic heterocycles. The molecule has 164 valence electrons. The van der Waals surface area contributed by atoms with E-state index >= 15 is 0 Å². The van der Waals surface area contributed by atoms with Gasteiger partial charge in [0.15, 0.2) is 0 Å². The van der Waals surface area contributed by atoms with Gasteiger partial charge in [0, 0.05) is 0 Å². The third-order valence-corrected chi connectivity index (χ3v) is 7.28. The Bertz CT molecular complexity index is 816. The van der Waals surface area contributed by atoms with E-state index in [4.69, 9.17) is 5.26 Å². The Morgan fingerprint density at radius 3 is 2.10 bits per heavy atom. The minimum absolute atomic E-state index is 0.595. The van der Waals surface area contributed by atoms with Gasteiger partial charge < -0.3 is 0 Å². The molecule has 3 rings (SSSR count). The van der Waals surface area contributed by atoms with Gasteiger partial charge in [0.25, 0.3) is 0 Å². The largest absolute Gasteiger partial charge is 0.192 e. The molecule has 1 heteroatoms. The Balaban J connectivity index is 1.57. The first kappa shape index (κ1) is 23.3. The van der Waals surface area contributed by atoms with Crippen LogP contribution in [0.4, 0.5) is 0 Å². The standard InChI is InChI=1S/C30H39N/c1-3-5-6-7-8-10-24-11-17-28(18-12-24)30(9-4-2)29-21-19-27(20-22-29)26-15-13-25(23-31)14-16-26/h4,13-16,19-22,24,28,30H,2-3,5-12,17-18H2,1H3. The highest BCUT2D eigenvalue weighted by Gasteiger charge is 2.27. The maximum Gasteiger partial charge on any atom is 0.0991 e. The first-order valence-electron chi connectivity index (χ1n) is 12.5. The van der Waals surface area contributed by atoms with E-state index in [2.05, 4.69) is 49.9 Å². The number of allylic oxidation sites excluding steroid dienone is 1. The van der Waals surface area contributed by atoms with Crippen molar-refractivity contribution in [2.24, 2.45) is 11.8 Å². The van der Waals surface area contributed by atoms with Crippen LogP contribution in [0.5, 0.6) is 0 Å². The Kier molecular flexibility index (Phi) is 9.41. The summed E-state index contributed by atoms with van der Waals surface area (Å²) >= 11 is 0. The lowest BCUT2D eigenvalue weighted by atomic mass is 9.71. The van der Waals surface area contributed by atoms with E-state index in [-0.39, 0.29) is 0 Å². The molecule has 2 aromatic carbocycles. The molecule has 1 atom stereocenters. The summed E-state index contributed by atoms with van der Waals surface area (Å²) in [5.74, 6) is 2.34. The molecule has 1 nitrogen and oxygen atoms in total. The normalized spacial score (nSPS) is 19.5. The second kappa shape index (κ2) is 12.5. The van der Waals surface area contributed by atoms with Crippen molar-refractivity contribution >= 4 is 0 Å². The van der Waals surface area contributed by atoms with Crippen molar-refractivity contribution in [3.05, 3.63) is 72.3 Å². The first-order valence-corrected chi connectivity index (χ1v) is 12.5. The van der Waals surface area contributed by atoms with Crippen LogP contribution < -0.4 is 0 Å². The quantitative estimate of drug-likeness (QED) is 0.266. The van der Waals surface area contributed by atoms with Gasteiger partial charge in [0.1, 0.15) is 0 Å². The SMILES string of the molecule is C=CCC(c1ccc(-c2ccc(C#N)cc2)cc1)C1CCC(CCCCCCC)CC1. The number of nitriles is 1. The van der Waals surface area contributed by atoms with Gasteiger partial charge in [-0.2, -0.15) is 5.26 Å². The average molecular weight is 414 g/mol. The van der Waals surface area contributed by atoms with Gasteiger partial charge in [-0.1, -0.05) is 101 Å². The smallest absolute Gasteiger partial charge is 0.0991 e. The zero-order valence-electron chi connectivity index (χ0n) is 19.4. The number of unbranched alkanes of at least 4 members (excludes halogenated alkanes) is 4. The van der Waals surface area contributed by atoms with Gasteiger partial charge in [-0.3, -0.25) is 0 Å². The number of hydrogen-bond donors (Lipinski definition) is 0. The number of nitrogens with zero attached hydrogens (tertiary/aromatic N) is 1. The van der Waals surface area contributed by atoms with Crippen LogP contribution in [0.3, 0.4) is 0 Å². The molecule has 1 fully saturated rings. The van der Waals surface area contributed by atoms with Crippen molar-refractivity contribution in [3.8, 4) is 17.2 Å². The molecule has 0 bridgehead atoms. The fraction of sp³-hybridized carbons (Fsp3) is 0.500. The highest BCUT2D eigenvalue weighted by molar-refractivity contribution is 5.64. The number of rotatable bonds is 11. The molecule has 0 heterocycles. The third-order valence-electron chi connectivity index (χ3n) is 7.28. The lowest BCUT2D eigenvalue weighted by molar-refractivity contribution is 0.230. The summed E-state index contributed by atoms with van der Waals surface area (Å²) in [5.41, 5.74) is 4.56. The van der Waals surface area contributed by atoms with Gasteiger partial charge in [-0.25, -0.2) is 0 Å². The molecule has 2 aromatic rings. The maximum absolute atomic E-state index is 9.00. The van der Waals surface area contributed by atoms with Gasteiger partial charge in [-0.05, 0) is 65.8 Å². The molecule has 0 spiro atoms. The molecule has 1 saturated carbocycles. The van der Waals surface area contributed by atoms with Crippen molar-refractivity contribution in [2.45, 2.75) is 83.5 Å². The average Bonchev–Trinajstić information content (AvgIpc) is 2.83. The second-order valence-corrected chi connectivity index (χ2v) is 9.43. The molecule has 0 radical (unpaired) electrons. The Labute approximate surface area is 190 Å². The van der Waals surface area contributed by atoms with Crippen LogP contribution in [0.25, 0.3) is 11.1 Å². The number of hydrogen-bond acceptors (Lipinski definition) is 1. The zero-order chi connectivity index (χ0) is 21.9. The summed E-state index contributed by atoms with van der Waals surface area (Å²) < 4.78 is 0. The molecule has 31 heavy (non-hydrogen) atoms. The Hall–Kier alpha value is -2.33. The molecule has 0 N–H and O–H groups in total. The molecular formula is C30H39N. The van der Waals surface area contributed by atoms with Gasteiger partial charge in [0.05, 0.1) is 11.6 Å². The van der Waals surface area contributed by atoms with E-state index in [1.807, 2.05) is 24.3 Å². The van der Waals surface area contributed by atoms with Crippen LogP contribution in [-0.4, -0.2) is 0 Å². The topological polar surface area (TPSA) is 23.8 Å². The fourth-order valence-corrected chi connectivity index (χ4v) is 5.36. The summed E-state index contributed by atoms with van der Waals surface area (Å²) in [7, 11) is 0. The second-order valence-electron chi connectivity index (χ2n) is 9.43. The first-order chi connectivity index (χ1) is 15.2. The zero-order valence-corrected chi connectivity index (χ0v) is 19.4. The minimum Gasteiger partial charge on any atom is -0.192 e. The Morgan fingerprint density at radius 2 is 1.52 bits per heavy atom. The minimum atomic E-state index is 0.595. The fourth-order valence-electron chi connectivity index (χ4n) is 5.36. The molecule has 0 saturated heterocycles. The predicted molar refractivity (Wildman–Crippen MR) is 133 cm³/mol. The predicted octanol–water partition coefficient (Wildman–Crippen LogP) is 9.05. The third kappa shape index (κ3) is 6.83. The number of benzene rings is 2. The lowest BCUT2D eigenvalue weighted by Gasteiger charge is -2.34. The molecule has 0 amide bonds. The van der Waals surface area contributed by atoms with Gasteiger partial charge >= 0.3 is 0 Å². The van der Waals surface area contributed by atoms with E-state index in [1.54, 1.807) is 0 Å². The summed E-state index contributed by atoms with van der Waals surface area (Å²) in [6.45, 7) is 6.35. The van der Waals surface area contributed by atoms with Crippen LogP contribution >= 0.6 is 0 Å². The van der Waals surface area contributed by atoms with Gasteiger partial charge in [0.2, 0.25) is 0 Å². The molecule has 1 aliphatic rings. The van der Waals surface area contributed by atoms with Crippen LogP contribution in [0.2, 0.25) is 0 Å². The van der Waals surface area contributed by atoms with E-state index < -0.39 is 0 Å². The van der Waals surface area contributed by atoms with Crippen LogP contribution in [0, 0.1) is 23.2 Å². The van der Waals surface area contributed by atoms with Crippen molar-refractivity contribution in [2.75, 3.05) is 0 Å². The summed E-state index contributed by atoms with van der Waals surface area (Å²) in [4.78, 5) is 0. The Morgan fingerprint density at radius 1 is 0.903 bits per heavy atom. The van der Waals surface area contributed by atoms with Crippen molar-refractivity contribution in [3.63, 3.8) is 0 Å². The van der Waals surface area contributed by atoms with E-state index in [0.717, 1.165) is 18.3 Å². The van der Waals surface area contributed by atoms with Crippen LogP contribution in [0.15, 0.2) is 61.2 Å². The van der Waals surface area contributed by atoms with Crippen molar-refractivity contribution < 1.29 is 0 Å². The summed E-state index contributed by atoms with van der Waals surface area (Å²) in [6.07, 6.45) is 17.2. The molecule has 0 aliphatic heterocycles. The molecule has 1 unspecified atom stereocenters. The van der Waals surface area contributed by atoms with Crippen molar-refractivity contribution in [1.29, 1.82) is 5.26 Å².